The first kappa shape index (κ1) is 13.9. The lowest BCUT2D eigenvalue weighted by Gasteiger charge is -2.16. The third kappa shape index (κ3) is 3.98. The Labute approximate surface area is 109 Å². The van der Waals surface area contributed by atoms with Crippen molar-refractivity contribution in [2.45, 2.75) is 38.3 Å². The van der Waals surface area contributed by atoms with E-state index in [-0.39, 0.29) is 18.8 Å². The molecule has 2 nitrogen and oxygen atoms in total. The molecule has 0 amide bonds. The fourth-order valence-corrected chi connectivity index (χ4v) is 2.18. The van der Waals surface area contributed by atoms with Crippen LogP contribution in [0.5, 0.6) is 5.75 Å². The number of ether oxygens (including phenoxy) is 1. The van der Waals surface area contributed by atoms with Crippen molar-refractivity contribution in [1.29, 1.82) is 0 Å². The van der Waals surface area contributed by atoms with Gasteiger partial charge in [-0.15, -0.1) is 0 Å². The molecule has 1 aromatic carbocycles. The first-order valence-corrected chi connectivity index (χ1v) is 6.31. The van der Waals surface area contributed by atoms with Gasteiger partial charge in [0.05, 0.1) is 6.61 Å². The zero-order valence-corrected chi connectivity index (χ0v) is 10.4. The zero-order valence-electron chi connectivity index (χ0n) is 10.4. The van der Waals surface area contributed by atoms with Gasteiger partial charge in [-0.2, -0.15) is 13.2 Å². The number of benzene rings is 1. The van der Waals surface area contributed by atoms with Crippen LogP contribution in [0.4, 0.5) is 13.2 Å². The third-order valence-electron chi connectivity index (χ3n) is 3.10. The van der Waals surface area contributed by atoms with Crippen LogP contribution in [0.3, 0.4) is 0 Å². The van der Waals surface area contributed by atoms with E-state index in [1.54, 1.807) is 18.2 Å². The second kappa shape index (κ2) is 5.63. The lowest BCUT2D eigenvalue weighted by atomic mass is 9.90. The van der Waals surface area contributed by atoms with Crippen LogP contribution in [0.15, 0.2) is 18.2 Å². The summed E-state index contributed by atoms with van der Waals surface area (Å²) in [6.07, 6.45) is -2.81. The summed E-state index contributed by atoms with van der Waals surface area (Å²) in [6.45, 7) is 0.0340. The SMILES string of the molecule is O=C1CCCc2cc(OCCCC(F)(F)F)ccc21. The van der Waals surface area contributed by atoms with Gasteiger partial charge in [0, 0.05) is 18.4 Å². The van der Waals surface area contributed by atoms with E-state index in [0.717, 1.165) is 18.4 Å². The molecule has 2 rings (SSSR count). The Hall–Kier alpha value is -1.52. The van der Waals surface area contributed by atoms with Crippen molar-refractivity contribution in [1.82, 2.24) is 0 Å². The number of ketones is 1. The fourth-order valence-electron chi connectivity index (χ4n) is 2.18. The standard InChI is InChI=1S/C14H15F3O2/c15-14(16,17)7-2-8-19-11-5-6-12-10(9-11)3-1-4-13(12)18/h5-6,9H,1-4,7-8H2. The van der Waals surface area contributed by atoms with Gasteiger partial charge in [0.15, 0.2) is 5.78 Å². The van der Waals surface area contributed by atoms with Crippen LogP contribution in [-0.2, 0) is 6.42 Å². The molecule has 5 heteroatoms. The molecule has 1 aromatic rings. The number of carbonyl (C=O) groups excluding carboxylic acids is 1. The molecule has 0 aromatic heterocycles. The highest BCUT2D eigenvalue weighted by atomic mass is 19.4. The van der Waals surface area contributed by atoms with Crippen molar-refractivity contribution in [2.24, 2.45) is 0 Å². The number of alkyl halides is 3. The predicted octanol–water partition coefficient (Wildman–Crippen LogP) is 3.93. The smallest absolute Gasteiger partial charge is 0.389 e. The Morgan fingerprint density at radius 1 is 1.21 bits per heavy atom. The lowest BCUT2D eigenvalue weighted by molar-refractivity contribution is -0.136. The van der Waals surface area contributed by atoms with Gasteiger partial charge in [-0.1, -0.05) is 0 Å². The molecule has 104 valence electrons. The molecular formula is C14H15F3O2. The number of hydrogen-bond acceptors (Lipinski definition) is 2. The van der Waals surface area contributed by atoms with E-state index in [1.165, 1.54) is 0 Å². The van der Waals surface area contributed by atoms with Crippen LogP contribution >= 0.6 is 0 Å². The van der Waals surface area contributed by atoms with E-state index in [0.29, 0.717) is 17.7 Å². The first-order valence-electron chi connectivity index (χ1n) is 6.31. The molecule has 0 aliphatic heterocycles. The molecule has 0 saturated carbocycles. The Balaban J connectivity index is 1.90. The van der Waals surface area contributed by atoms with Crippen molar-refractivity contribution in [3.63, 3.8) is 0 Å². The molecule has 0 radical (unpaired) electrons. The van der Waals surface area contributed by atoms with E-state index < -0.39 is 12.6 Å². The van der Waals surface area contributed by atoms with E-state index >= 15 is 0 Å². The summed E-state index contributed by atoms with van der Waals surface area (Å²) in [5.74, 6) is 0.667. The minimum Gasteiger partial charge on any atom is -0.494 e. The zero-order chi connectivity index (χ0) is 13.9. The Morgan fingerprint density at radius 3 is 2.74 bits per heavy atom. The van der Waals surface area contributed by atoms with Crippen LogP contribution in [0.2, 0.25) is 0 Å². The number of Topliss-reactive ketones (excluding diaryl/α,β-unsaturated/α-hetero) is 1. The molecule has 0 fully saturated rings. The largest absolute Gasteiger partial charge is 0.494 e. The van der Waals surface area contributed by atoms with Crippen LogP contribution < -0.4 is 4.74 Å². The van der Waals surface area contributed by atoms with Crippen LogP contribution in [0.1, 0.15) is 41.6 Å². The van der Waals surface area contributed by atoms with Crippen LogP contribution in [-0.4, -0.2) is 18.6 Å². The Morgan fingerprint density at radius 2 is 2.00 bits per heavy atom. The monoisotopic (exact) mass is 272 g/mol. The highest BCUT2D eigenvalue weighted by Gasteiger charge is 2.26. The molecule has 0 spiro atoms. The van der Waals surface area contributed by atoms with Crippen molar-refractivity contribution in [3.8, 4) is 5.75 Å². The van der Waals surface area contributed by atoms with Crippen molar-refractivity contribution < 1.29 is 22.7 Å². The summed E-state index contributed by atoms with van der Waals surface area (Å²) in [7, 11) is 0. The van der Waals surface area contributed by atoms with Crippen LogP contribution in [0.25, 0.3) is 0 Å². The van der Waals surface area contributed by atoms with Gasteiger partial charge in [0.25, 0.3) is 0 Å². The molecule has 0 bridgehead atoms. The predicted molar refractivity (Wildman–Crippen MR) is 64.5 cm³/mol. The maximum absolute atomic E-state index is 12.0. The molecule has 1 aliphatic carbocycles. The van der Waals surface area contributed by atoms with Gasteiger partial charge in [-0.25, -0.2) is 0 Å². The summed E-state index contributed by atoms with van der Waals surface area (Å²) < 4.78 is 41.2. The lowest BCUT2D eigenvalue weighted by Crippen LogP contribution is -2.12. The summed E-state index contributed by atoms with van der Waals surface area (Å²) in [5.41, 5.74) is 1.65. The second-order valence-electron chi connectivity index (χ2n) is 4.66. The van der Waals surface area contributed by atoms with E-state index in [4.69, 9.17) is 4.74 Å². The molecule has 0 N–H and O–H groups in total. The fraction of sp³-hybridized carbons (Fsp3) is 0.500. The summed E-state index contributed by atoms with van der Waals surface area (Å²) in [6, 6.07) is 5.12. The third-order valence-corrected chi connectivity index (χ3v) is 3.10. The number of halogens is 3. The Bertz CT molecular complexity index is 466. The van der Waals surface area contributed by atoms with Crippen molar-refractivity contribution in [2.75, 3.05) is 6.61 Å². The molecular weight excluding hydrogens is 257 g/mol. The number of carbonyl (C=O) groups is 1. The molecule has 0 atom stereocenters. The molecule has 0 saturated heterocycles. The average Bonchev–Trinajstić information content (AvgIpc) is 2.34. The molecule has 1 aliphatic rings. The first-order chi connectivity index (χ1) is 8.96. The van der Waals surface area contributed by atoms with Crippen molar-refractivity contribution >= 4 is 5.78 Å². The second-order valence-corrected chi connectivity index (χ2v) is 4.66. The van der Waals surface area contributed by atoms with Crippen molar-refractivity contribution in [3.05, 3.63) is 29.3 Å². The van der Waals surface area contributed by atoms with E-state index in [1.807, 2.05) is 0 Å². The quantitative estimate of drug-likeness (QED) is 0.776. The van der Waals surface area contributed by atoms with Gasteiger partial charge in [-0.3, -0.25) is 4.79 Å². The van der Waals surface area contributed by atoms with Gasteiger partial charge < -0.3 is 4.74 Å². The van der Waals surface area contributed by atoms with E-state index in [9.17, 15) is 18.0 Å². The number of aryl methyl sites for hydroxylation is 1. The summed E-state index contributed by atoms with van der Waals surface area (Å²) in [4.78, 5) is 11.6. The number of rotatable bonds is 4. The minimum atomic E-state index is -4.13. The highest BCUT2D eigenvalue weighted by molar-refractivity contribution is 5.98. The Kier molecular flexibility index (Phi) is 4.12. The van der Waals surface area contributed by atoms with Gasteiger partial charge >= 0.3 is 6.18 Å². The van der Waals surface area contributed by atoms with Gasteiger partial charge in [-0.05, 0) is 43.0 Å². The molecule has 19 heavy (non-hydrogen) atoms. The summed E-state index contributed by atoms with van der Waals surface area (Å²) >= 11 is 0. The minimum absolute atomic E-state index is 0.0340. The van der Waals surface area contributed by atoms with Gasteiger partial charge in [0.1, 0.15) is 5.75 Å². The summed E-state index contributed by atoms with van der Waals surface area (Å²) in [5, 5.41) is 0. The molecule has 0 unspecified atom stereocenters. The average molecular weight is 272 g/mol. The maximum Gasteiger partial charge on any atom is 0.389 e. The number of hydrogen-bond donors (Lipinski definition) is 0. The topological polar surface area (TPSA) is 26.3 Å². The number of fused-ring (bicyclic) bond motifs is 1. The maximum atomic E-state index is 12.0. The normalized spacial score (nSPS) is 15.2. The molecule has 0 heterocycles. The van der Waals surface area contributed by atoms with Gasteiger partial charge in [0.2, 0.25) is 0 Å². The van der Waals surface area contributed by atoms with Crippen LogP contribution in [0, 0.1) is 0 Å². The highest BCUT2D eigenvalue weighted by Crippen LogP contribution is 2.26. The van der Waals surface area contributed by atoms with E-state index in [2.05, 4.69) is 0 Å².